The van der Waals surface area contributed by atoms with Crippen LogP contribution < -0.4 is 10.4 Å². The highest BCUT2D eigenvalue weighted by atomic mass is 28.4. The molecule has 0 fully saturated rings. The Bertz CT molecular complexity index is 1240. The number of aliphatic hydroxyl groups excluding tert-OH is 2. The Kier molecular flexibility index (Phi) is 11.1. The van der Waals surface area contributed by atoms with Gasteiger partial charge < -0.3 is 24.5 Å². The van der Waals surface area contributed by atoms with Crippen LogP contribution in [-0.2, 0) is 14.0 Å². The fourth-order valence-electron chi connectivity index (χ4n) is 4.82. The van der Waals surface area contributed by atoms with Gasteiger partial charge in [0.15, 0.2) is 6.10 Å². The second-order valence-electron chi connectivity index (χ2n) is 10.7. The van der Waals surface area contributed by atoms with Crippen LogP contribution in [0.3, 0.4) is 0 Å². The summed E-state index contributed by atoms with van der Waals surface area (Å²) in [7, 11) is -2.87. The number of carbonyl (C=O) groups excluding carboxylic acids is 1. The third kappa shape index (κ3) is 7.81. The number of hydrogen-bond acceptors (Lipinski definition) is 6. The van der Waals surface area contributed by atoms with Crippen molar-refractivity contribution in [1.29, 1.82) is 0 Å². The number of phenolic OH excluding ortho intramolecular Hbond substituents is 1. The SMILES string of the molecule is CCOC(=O)[C@H](O)CC(=C=CC[C@@H](O)c1ccc(O)cc1)CO[Si](c1ccccc1)(c1ccccc1)C(C)(C)C. The van der Waals surface area contributed by atoms with Gasteiger partial charge in [0.05, 0.1) is 19.3 Å². The van der Waals surface area contributed by atoms with E-state index in [1.54, 1.807) is 25.1 Å². The molecule has 0 aliphatic heterocycles. The monoisotopic (exact) mass is 560 g/mol. The molecule has 3 N–H and O–H groups in total. The summed E-state index contributed by atoms with van der Waals surface area (Å²) in [5.74, 6) is -0.571. The molecule has 0 aliphatic carbocycles. The molecule has 3 aromatic carbocycles. The Morgan fingerprint density at radius 2 is 1.48 bits per heavy atom. The number of aromatic hydroxyl groups is 1. The van der Waals surface area contributed by atoms with Gasteiger partial charge in [-0.25, -0.2) is 4.79 Å². The molecule has 0 heterocycles. The molecule has 0 saturated heterocycles. The van der Waals surface area contributed by atoms with E-state index in [9.17, 15) is 20.1 Å². The molecule has 0 spiro atoms. The van der Waals surface area contributed by atoms with Crippen molar-refractivity contribution in [2.45, 2.75) is 57.8 Å². The van der Waals surface area contributed by atoms with Crippen molar-refractivity contribution in [1.82, 2.24) is 0 Å². The zero-order valence-electron chi connectivity index (χ0n) is 23.7. The predicted molar refractivity (Wildman–Crippen MR) is 160 cm³/mol. The van der Waals surface area contributed by atoms with E-state index in [2.05, 4.69) is 50.8 Å². The van der Waals surface area contributed by atoms with E-state index in [0.717, 1.165) is 10.4 Å². The van der Waals surface area contributed by atoms with Crippen LogP contribution in [0.2, 0.25) is 5.04 Å². The Hall–Kier alpha value is -3.45. The van der Waals surface area contributed by atoms with E-state index in [1.807, 2.05) is 36.4 Å². The van der Waals surface area contributed by atoms with Crippen LogP contribution in [0.4, 0.5) is 0 Å². The van der Waals surface area contributed by atoms with Gasteiger partial charge in [-0.05, 0) is 51.7 Å². The molecule has 0 bridgehead atoms. The highest BCUT2D eigenvalue weighted by molar-refractivity contribution is 6.99. The van der Waals surface area contributed by atoms with Gasteiger partial charge in [0.25, 0.3) is 8.32 Å². The van der Waals surface area contributed by atoms with E-state index in [4.69, 9.17) is 9.16 Å². The second-order valence-corrected chi connectivity index (χ2v) is 15.0. The van der Waals surface area contributed by atoms with Crippen molar-refractivity contribution in [2.24, 2.45) is 0 Å². The highest BCUT2D eigenvalue weighted by Crippen LogP contribution is 2.37. The van der Waals surface area contributed by atoms with Gasteiger partial charge in [-0.15, -0.1) is 5.73 Å². The first-order valence-electron chi connectivity index (χ1n) is 13.6. The number of esters is 1. The van der Waals surface area contributed by atoms with Crippen LogP contribution in [0, 0.1) is 0 Å². The van der Waals surface area contributed by atoms with E-state index in [0.29, 0.717) is 11.1 Å². The largest absolute Gasteiger partial charge is 0.508 e. The number of hydrogen-bond donors (Lipinski definition) is 3. The molecule has 6 nitrogen and oxygen atoms in total. The summed E-state index contributed by atoms with van der Waals surface area (Å²) in [6.07, 6.45) is -0.229. The summed E-state index contributed by atoms with van der Waals surface area (Å²) in [4.78, 5) is 12.3. The predicted octanol–water partition coefficient (Wildman–Crippen LogP) is 4.79. The van der Waals surface area contributed by atoms with Gasteiger partial charge in [-0.3, -0.25) is 0 Å². The number of aliphatic hydroxyl groups is 2. The topological polar surface area (TPSA) is 96.2 Å². The van der Waals surface area contributed by atoms with E-state index >= 15 is 0 Å². The first-order chi connectivity index (χ1) is 19.1. The Balaban J connectivity index is 1.99. The summed E-state index contributed by atoms with van der Waals surface area (Å²) in [6.45, 7) is 8.54. The summed E-state index contributed by atoms with van der Waals surface area (Å²) in [5.41, 5.74) is 4.45. The number of rotatable bonds is 12. The number of ether oxygens (including phenoxy) is 1. The third-order valence-electron chi connectivity index (χ3n) is 6.80. The molecule has 3 rings (SSSR count). The molecular formula is C33H40O6Si. The highest BCUT2D eigenvalue weighted by Gasteiger charge is 2.50. The minimum Gasteiger partial charge on any atom is -0.508 e. The summed E-state index contributed by atoms with van der Waals surface area (Å²) < 4.78 is 12.0. The van der Waals surface area contributed by atoms with E-state index < -0.39 is 26.5 Å². The van der Waals surface area contributed by atoms with Crippen molar-refractivity contribution in [3.05, 3.63) is 108 Å². The second kappa shape index (κ2) is 14.3. The zero-order chi connectivity index (χ0) is 29.2. The lowest BCUT2D eigenvalue weighted by Crippen LogP contribution is -2.66. The number of phenols is 1. The maximum Gasteiger partial charge on any atom is 0.335 e. The van der Waals surface area contributed by atoms with E-state index in [-0.39, 0.29) is 36.8 Å². The molecule has 2 atom stereocenters. The molecule has 40 heavy (non-hydrogen) atoms. The molecule has 0 aromatic heterocycles. The minimum atomic E-state index is -2.87. The molecule has 0 amide bonds. The van der Waals surface area contributed by atoms with Crippen LogP contribution in [0.15, 0.2) is 102 Å². The molecule has 212 valence electrons. The molecule has 7 heteroatoms. The fraction of sp³-hybridized carbons (Fsp3) is 0.333. The van der Waals surface area contributed by atoms with Crippen molar-refractivity contribution in [3.8, 4) is 5.75 Å². The molecule has 0 radical (unpaired) electrons. The molecule has 0 saturated carbocycles. The lowest BCUT2D eigenvalue weighted by molar-refractivity contribution is -0.152. The standard InChI is InChI=1S/C33H40O6Si/c1-5-38-32(37)31(36)23-25(13-12-18-30(35)26-19-21-27(34)22-20-26)24-39-40(33(2,3)4,28-14-8-6-9-15-28)29-16-10-7-11-17-29/h6-12,14-17,19-22,30-31,34-36H,5,18,23-24H2,1-4H3/t13?,30-,31-/m1/s1. The first-order valence-corrected chi connectivity index (χ1v) is 15.5. The van der Waals surface area contributed by atoms with Crippen molar-refractivity contribution < 1.29 is 29.3 Å². The van der Waals surface area contributed by atoms with Crippen LogP contribution in [0.5, 0.6) is 5.75 Å². The normalized spacial score (nSPS) is 13.2. The third-order valence-corrected chi connectivity index (χ3v) is 11.8. The fourth-order valence-corrected chi connectivity index (χ4v) is 9.37. The lowest BCUT2D eigenvalue weighted by Gasteiger charge is -2.43. The average Bonchev–Trinajstić information content (AvgIpc) is 2.94. The number of carbonyl (C=O) groups is 1. The van der Waals surface area contributed by atoms with Gasteiger partial charge in [-0.1, -0.05) is 93.6 Å². The van der Waals surface area contributed by atoms with Gasteiger partial charge in [-0.2, -0.15) is 0 Å². The quantitative estimate of drug-likeness (QED) is 0.168. The van der Waals surface area contributed by atoms with Gasteiger partial charge in [0.2, 0.25) is 0 Å². The molecule has 0 unspecified atom stereocenters. The molecular weight excluding hydrogens is 520 g/mol. The van der Waals surface area contributed by atoms with Crippen LogP contribution in [0.25, 0.3) is 0 Å². The first kappa shape index (κ1) is 31.1. The van der Waals surface area contributed by atoms with Crippen molar-refractivity contribution in [2.75, 3.05) is 13.2 Å². The van der Waals surface area contributed by atoms with Crippen LogP contribution >= 0.6 is 0 Å². The summed E-state index contributed by atoms with van der Waals surface area (Å²) in [6, 6.07) is 26.8. The Morgan fingerprint density at radius 1 is 0.925 bits per heavy atom. The summed E-state index contributed by atoms with van der Waals surface area (Å²) in [5, 5.41) is 32.7. The van der Waals surface area contributed by atoms with Gasteiger partial charge >= 0.3 is 5.97 Å². The zero-order valence-corrected chi connectivity index (χ0v) is 24.7. The van der Waals surface area contributed by atoms with Crippen LogP contribution in [-0.4, -0.2) is 48.9 Å². The smallest absolute Gasteiger partial charge is 0.335 e. The van der Waals surface area contributed by atoms with E-state index in [1.165, 1.54) is 12.1 Å². The molecule has 0 aliphatic rings. The number of benzene rings is 3. The van der Waals surface area contributed by atoms with Gasteiger partial charge in [0, 0.05) is 12.8 Å². The minimum absolute atomic E-state index is 0.0111. The van der Waals surface area contributed by atoms with Gasteiger partial charge in [0.1, 0.15) is 5.75 Å². The maximum absolute atomic E-state index is 12.3. The Labute approximate surface area is 238 Å². The average molecular weight is 561 g/mol. The van der Waals surface area contributed by atoms with Crippen LogP contribution in [0.1, 0.15) is 52.2 Å². The molecule has 3 aromatic rings. The summed E-state index contributed by atoms with van der Waals surface area (Å²) >= 11 is 0. The lowest BCUT2D eigenvalue weighted by atomic mass is 10.1. The maximum atomic E-state index is 12.3. The Morgan fingerprint density at radius 3 is 1.98 bits per heavy atom. The van der Waals surface area contributed by atoms with Crippen molar-refractivity contribution in [3.63, 3.8) is 0 Å². The van der Waals surface area contributed by atoms with Crippen molar-refractivity contribution >= 4 is 24.7 Å².